The maximum absolute atomic E-state index is 4.30. The summed E-state index contributed by atoms with van der Waals surface area (Å²) in [6.07, 6.45) is 5.18. The van der Waals surface area contributed by atoms with Gasteiger partial charge in [0.15, 0.2) is 0 Å². The quantitative estimate of drug-likeness (QED) is 0.823. The molecule has 0 radical (unpaired) electrons. The third-order valence-electron chi connectivity index (χ3n) is 3.32. The Morgan fingerprint density at radius 1 is 1.50 bits per heavy atom. The molecule has 16 heavy (non-hydrogen) atoms. The summed E-state index contributed by atoms with van der Waals surface area (Å²) in [7, 11) is 0. The van der Waals surface area contributed by atoms with Crippen LogP contribution in [-0.2, 0) is 6.42 Å². The summed E-state index contributed by atoms with van der Waals surface area (Å²) >= 11 is 1.80. The summed E-state index contributed by atoms with van der Waals surface area (Å²) < 4.78 is 0. The van der Waals surface area contributed by atoms with Crippen molar-refractivity contribution in [1.82, 2.24) is 10.3 Å². The minimum absolute atomic E-state index is 0.402. The molecular formula is C13H22N2S. The maximum atomic E-state index is 4.30. The first-order valence-electron chi connectivity index (χ1n) is 6.19. The Morgan fingerprint density at radius 2 is 2.25 bits per heavy atom. The highest BCUT2D eigenvalue weighted by Crippen LogP contribution is 2.27. The fraction of sp³-hybridized carbons (Fsp3) is 0.769. The smallest absolute Gasteiger partial charge is 0.0797 e. The first-order chi connectivity index (χ1) is 7.57. The van der Waals surface area contributed by atoms with Gasteiger partial charge in [0.05, 0.1) is 11.2 Å². The van der Waals surface area contributed by atoms with Crippen LogP contribution in [0.2, 0.25) is 0 Å². The Kier molecular flexibility index (Phi) is 3.65. The Labute approximate surface area is 102 Å². The Balaban J connectivity index is 1.76. The molecule has 1 aliphatic carbocycles. The maximum Gasteiger partial charge on any atom is 0.0797 e. The van der Waals surface area contributed by atoms with Crippen LogP contribution in [0.1, 0.15) is 43.7 Å². The molecule has 0 amide bonds. The van der Waals surface area contributed by atoms with Gasteiger partial charge >= 0.3 is 0 Å². The van der Waals surface area contributed by atoms with Crippen LogP contribution < -0.4 is 5.32 Å². The molecule has 0 bridgehead atoms. The summed E-state index contributed by atoms with van der Waals surface area (Å²) in [6, 6.07) is 0.824. The van der Waals surface area contributed by atoms with Crippen LogP contribution in [0.3, 0.4) is 0 Å². The van der Waals surface area contributed by atoms with E-state index in [1.807, 2.05) is 5.51 Å². The van der Waals surface area contributed by atoms with Crippen molar-refractivity contribution in [2.75, 3.05) is 6.54 Å². The number of hydrogen-bond donors (Lipinski definition) is 1. The molecule has 0 atom stereocenters. The van der Waals surface area contributed by atoms with E-state index >= 15 is 0 Å². The van der Waals surface area contributed by atoms with Gasteiger partial charge in [-0.15, -0.1) is 11.3 Å². The molecule has 3 heteroatoms. The fourth-order valence-electron chi connectivity index (χ4n) is 1.81. The summed E-state index contributed by atoms with van der Waals surface area (Å²) in [6.45, 7) is 7.98. The van der Waals surface area contributed by atoms with E-state index in [0.29, 0.717) is 5.41 Å². The molecule has 0 spiro atoms. The van der Waals surface area contributed by atoms with E-state index in [1.54, 1.807) is 11.3 Å². The van der Waals surface area contributed by atoms with Gasteiger partial charge < -0.3 is 5.32 Å². The van der Waals surface area contributed by atoms with Crippen LogP contribution in [0.5, 0.6) is 0 Å². The fourth-order valence-corrected chi connectivity index (χ4v) is 2.60. The van der Waals surface area contributed by atoms with Crippen molar-refractivity contribution >= 4 is 11.3 Å². The molecule has 0 unspecified atom stereocenters. The van der Waals surface area contributed by atoms with Gasteiger partial charge in [-0.25, -0.2) is 4.98 Å². The predicted octanol–water partition coefficient (Wildman–Crippen LogP) is 3.16. The van der Waals surface area contributed by atoms with Crippen molar-refractivity contribution in [3.8, 4) is 0 Å². The van der Waals surface area contributed by atoms with Gasteiger partial charge in [0.2, 0.25) is 0 Å². The molecule has 0 aliphatic heterocycles. The molecule has 1 aromatic heterocycles. The van der Waals surface area contributed by atoms with E-state index in [1.165, 1.54) is 36.3 Å². The molecule has 0 aromatic carbocycles. The van der Waals surface area contributed by atoms with E-state index in [2.05, 4.69) is 31.1 Å². The number of hydrogen-bond acceptors (Lipinski definition) is 3. The molecule has 1 saturated carbocycles. The van der Waals surface area contributed by atoms with E-state index in [9.17, 15) is 0 Å². The predicted molar refractivity (Wildman–Crippen MR) is 70.0 cm³/mol. The zero-order chi connectivity index (χ0) is 11.6. The number of nitrogens with zero attached hydrogens (tertiary/aromatic N) is 1. The number of aryl methyl sites for hydroxylation is 2. The van der Waals surface area contributed by atoms with Crippen LogP contribution in [0.15, 0.2) is 5.51 Å². The van der Waals surface area contributed by atoms with E-state index in [4.69, 9.17) is 0 Å². The monoisotopic (exact) mass is 238 g/mol. The van der Waals surface area contributed by atoms with Gasteiger partial charge in [0.25, 0.3) is 0 Å². The average molecular weight is 238 g/mol. The summed E-state index contributed by atoms with van der Waals surface area (Å²) in [4.78, 5) is 5.76. The lowest BCUT2D eigenvalue weighted by atomic mass is 9.87. The van der Waals surface area contributed by atoms with Crippen molar-refractivity contribution in [3.05, 3.63) is 16.1 Å². The second-order valence-corrected chi connectivity index (χ2v) is 6.62. The lowest BCUT2D eigenvalue weighted by Gasteiger charge is -2.25. The second kappa shape index (κ2) is 4.84. The Bertz CT molecular complexity index is 339. The van der Waals surface area contributed by atoms with Crippen molar-refractivity contribution in [3.63, 3.8) is 0 Å². The largest absolute Gasteiger partial charge is 0.313 e. The minimum Gasteiger partial charge on any atom is -0.313 e. The average Bonchev–Trinajstić information content (AvgIpc) is 2.97. The SMILES string of the molecule is Cc1ncsc1CCC(C)(C)CNC1CC1. The number of aromatic nitrogens is 1. The van der Waals surface area contributed by atoms with E-state index < -0.39 is 0 Å². The van der Waals surface area contributed by atoms with Gasteiger partial charge in [-0.2, -0.15) is 0 Å². The molecule has 1 fully saturated rings. The highest BCUT2D eigenvalue weighted by molar-refractivity contribution is 7.09. The summed E-state index contributed by atoms with van der Waals surface area (Å²) in [5.41, 5.74) is 3.58. The second-order valence-electron chi connectivity index (χ2n) is 5.68. The van der Waals surface area contributed by atoms with E-state index in [-0.39, 0.29) is 0 Å². The molecule has 2 rings (SSSR count). The van der Waals surface area contributed by atoms with Gasteiger partial charge in [-0.3, -0.25) is 0 Å². The molecule has 1 heterocycles. The normalized spacial score (nSPS) is 16.7. The van der Waals surface area contributed by atoms with Crippen LogP contribution in [0.4, 0.5) is 0 Å². The van der Waals surface area contributed by atoms with Crippen LogP contribution in [0, 0.1) is 12.3 Å². The molecular weight excluding hydrogens is 216 g/mol. The Morgan fingerprint density at radius 3 is 2.81 bits per heavy atom. The first-order valence-corrected chi connectivity index (χ1v) is 7.07. The molecule has 90 valence electrons. The van der Waals surface area contributed by atoms with Crippen molar-refractivity contribution in [1.29, 1.82) is 0 Å². The molecule has 0 saturated heterocycles. The minimum atomic E-state index is 0.402. The van der Waals surface area contributed by atoms with E-state index in [0.717, 1.165) is 12.6 Å². The standard InChI is InChI=1S/C13H22N2S/c1-10-12(16-9-15-10)6-7-13(2,3)8-14-11-4-5-11/h9,11,14H,4-8H2,1-3H3. The first kappa shape index (κ1) is 12.1. The van der Waals surface area contributed by atoms with Crippen molar-refractivity contribution < 1.29 is 0 Å². The van der Waals surface area contributed by atoms with Gasteiger partial charge in [-0.1, -0.05) is 13.8 Å². The lowest BCUT2D eigenvalue weighted by Crippen LogP contribution is -2.31. The topological polar surface area (TPSA) is 24.9 Å². The third-order valence-corrected chi connectivity index (χ3v) is 4.32. The zero-order valence-electron chi connectivity index (χ0n) is 10.5. The summed E-state index contributed by atoms with van der Waals surface area (Å²) in [5, 5.41) is 3.63. The zero-order valence-corrected chi connectivity index (χ0v) is 11.4. The number of nitrogens with one attached hydrogen (secondary N) is 1. The van der Waals surface area contributed by atoms with Gasteiger partial charge in [-0.05, 0) is 38.0 Å². The molecule has 1 N–H and O–H groups in total. The van der Waals surface area contributed by atoms with Crippen molar-refractivity contribution in [2.24, 2.45) is 5.41 Å². The van der Waals surface area contributed by atoms with Gasteiger partial charge in [0, 0.05) is 17.5 Å². The number of rotatable bonds is 6. The molecule has 1 aromatic rings. The Hall–Kier alpha value is -0.410. The van der Waals surface area contributed by atoms with Crippen LogP contribution in [0.25, 0.3) is 0 Å². The third kappa shape index (κ3) is 3.56. The number of thiazole rings is 1. The summed E-state index contributed by atoms with van der Waals surface area (Å²) in [5.74, 6) is 0. The van der Waals surface area contributed by atoms with Crippen molar-refractivity contribution in [2.45, 2.75) is 52.5 Å². The van der Waals surface area contributed by atoms with Gasteiger partial charge in [0.1, 0.15) is 0 Å². The molecule has 1 aliphatic rings. The van der Waals surface area contributed by atoms with Crippen LogP contribution in [-0.4, -0.2) is 17.6 Å². The lowest BCUT2D eigenvalue weighted by molar-refractivity contribution is 0.314. The molecule has 2 nitrogen and oxygen atoms in total. The van der Waals surface area contributed by atoms with Crippen LogP contribution >= 0.6 is 11.3 Å². The highest BCUT2D eigenvalue weighted by atomic mass is 32.1. The highest BCUT2D eigenvalue weighted by Gasteiger charge is 2.25.